The molecule has 5 rings (SSSR count). The van der Waals surface area contributed by atoms with E-state index in [0.717, 1.165) is 49.3 Å². The number of carbonyl (C=O) groups is 1. The summed E-state index contributed by atoms with van der Waals surface area (Å²) >= 11 is 1.77. The molecule has 2 N–H and O–H groups in total. The molecule has 2 heterocycles. The van der Waals surface area contributed by atoms with Crippen molar-refractivity contribution in [2.45, 2.75) is 31.8 Å². The van der Waals surface area contributed by atoms with Gasteiger partial charge in [0.25, 0.3) is 0 Å². The standard InChI is InChI=1S/C25H23N3O3S/c29-25(30)20-8-7-18(13-22(20)31-19-5-2-6-19)21-14-23(28-15-27-21)26-11-9-16-3-1-4-17-10-12-32-24(16)17/h1,3-4,7-8,10,12-15,19H,2,5-6,9,11H2,(H,29,30)(H,26,27,28). The van der Waals surface area contributed by atoms with E-state index in [1.54, 1.807) is 29.5 Å². The van der Waals surface area contributed by atoms with Crippen molar-refractivity contribution >= 4 is 33.2 Å². The van der Waals surface area contributed by atoms with Crippen molar-refractivity contribution in [3.05, 3.63) is 71.4 Å². The molecule has 2 aromatic heterocycles. The molecule has 6 nitrogen and oxygen atoms in total. The molecule has 0 atom stereocenters. The van der Waals surface area contributed by atoms with Crippen molar-refractivity contribution in [2.24, 2.45) is 0 Å². The number of nitrogens with one attached hydrogen (secondary N) is 1. The van der Waals surface area contributed by atoms with Gasteiger partial charge in [-0.15, -0.1) is 11.3 Å². The van der Waals surface area contributed by atoms with Crippen molar-refractivity contribution in [3.8, 4) is 17.0 Å². The highest BCUT2D eigenvalue weighted by atomic mass is 32.1. The highest BCUT2D eigenvalue weighted by molar-refractivity contribution is 7.17. The molecule has 1 saturated carbocycles. The normalized spacial score (nSPS) is 13.6. The zero-order valence-corrected chi connectivity index (χ0v) is 18.3. The second-order valence-corrected chi connectivity index (χ2v) is 8.82. The number of rotatable bonds is 8. The Morgan fingerprint density at radius 1 is 1.16 bits per heavy atom. The van der Waals surface area contributed by atoms with Crippen molar-refractivity contribution in [2.75, 3.05) is 11.9 Å². The zero-order chi connectivity index (χ0) is 21.9. The molecule has 1 aliphatic rings. The third-order valence-corrected chi connectivity index (χ3v) is 6.79. The Morgan fingerprint density at radius 2 is 2.06 bits per heavy atom. The minimum atomic E-state index is -0.989. The average Bonchev–Trinajstić information content (AvgIpc) is 3.26. The Bertz CT molecular complexity index is 1270. The van der Waals surface area contributed by atoms with Crippen molar-refractivity contribution < 1.29 is 14.6 Å². The lowest BCUT2D eigenvalue weighted by molar-refractivity contribution is 0.0680. The molecular formula is C25H23N3O3S. The Kier molecular flexibility index (Phi) is 5.73. The van der Waals surface area contributed by atoms with Gasteiger partial charge in [0.2, 0.25) is 0 Å². The number of anilines is 1. The number of aromatic nitrogens is 2. The fraction of sp³-hybridized carbons (Fsp3) is 0.240. The van der Waals surface area contributed by atoms with E-state index in [4.69, 9.17) is 4.74 Å². The number of hydrogen-bond acceptors (Lipinski definition) is 6. The van der Waals surface area contributed by atoms with Crippen LogP contribution in [0.3, 0.4) is 0 Å². The number of thiophene rings is 1. The number of hydrogen-bond donors (Lipinski definition) is 2. The minimum Gasteiger partial charge on any atom is -0.490 e. The van der Waals surface area contributed by atoms with Crippen LogP contribution in [-0.2, 0) is 6.42 Å². The molecule has 0 spiro atoms. The predicted octanol–water partition coefficient (Wildman–Crippen LogP) is 5.64. The minimum absolute atomic E-state index is 0.0961. The molecule has 1 fully saturated rings. The fourth-order valence-corrected chi connectivity index (χ4v) is 4.76. The van der Waals surface area contributed by atoms with E-state index in [9.17, 15) is 9.90 Å². The Hall–Kier alpha value is -3.45. The van der Waals surface area contributed by atoms with Crippen LogP contribution in [0.1, 0.15) is 35.2 Å². The highest BCUT2D eigenvalue weighted by Gasteiger charge is 2.22. The maximum atomic E-state index is 11.6. The van der Waals surface area contributed by atoms with Crippen LogP contribution in [0, 0.1) is 0 Å². The Labute approximate surface area is 189 Å². The first-order valence-corrected chi connectivity index (χ1v) is 11.6. The van der Waals surface area contributed by atoms with Crippen LogP contribution in [0.15, 0.2) is 60.2 Å². The monoisotopic (exact) mass is 445 g/mol. The number of ether oxygens (including phenoxy) is 1. The molecule has 7 heteroatoms. The predicted molar refractivity (Wildman–Crippen MR) is 127 cm³/mol. The van der Waals surface area contributed by atoms with E-state index in [-0.39, 0.29) is 11.7 Å². The quantitative estimate of drug-likeness (QED) is 0.365. The molecule has 0 saturated heterocycles. The number of fused-ring (bicyclic) bond motifs is 1. The molecule has 162 valence electrons. The van der Waals surface area contributed by atoms with E-state index in [2.05, 4.69) is 44.9 Å². The fourth-order valence-electron chi connectivity index (χ4n) is 3.81. The molecule has 0 unspecified atom stereocenters. The molecule has 0 bridgehead atoms. The summed E-state index contributed by atoms with van der Waals surface area (Å²) in [6.45, 7) is 0.751. The number of benzene rings is 2. The summed E-state index contributed by atoms with van der Waals surface area (Å²) in [5, 5.41) is 16.3. The lowest BCUT2D eigenvalue weighted by Crippen LogP contribution is -2.25. The molecule has 0 amide bonds. The van der Waals surface area contributed by atoms with Crippen molar-refractivity contribution in [1.29, 1.82) is 0 Å². The van der Waals surface area contributed by atoms with Crippen LogP contribution < -0.4 is 10.1 Å². The average molecular weight is 446 g/mol. The number of carboxylic acid groups (broad SMARTS) is 1. The van der Waals surface area contributed by atoms with Crippen LogP contribution in [-0.4, -0.2) is 33.7 Å². The summed E-state index contributed by atoms with van der Waals surface area (Å²) in [4.78, 5) is 20.3. The van der Waals surface area contributed by atoms with Crippen LogP contribution in [0.2, 0.25) is 0 Å². The zero-order valence-electron chi connectivity index (χ0n) is 17.5. The lowest BCUT2D eigenvalue weighted by Gasteiger charge is -2.27. The van der Waals surface area contributed by atoms with E-state index in [1.165, 1.54) is 22.0 Å². The van der Waals surface area contributed by atoms with Crippen LogP contribution in [0.25, 0.3) is 21.3 Å². The van der Waals surface area contributed by atoms with Gasteiger partial charge < -0.3 is 15.2 Å². The summed E-state index contributed by atoms with van der Waals surface area (Å²) in [7, 11) is 0. The SMILES string of the molecule is O=C(O)c1ccc(-c2cc(NCCc3cccc4ccsc34)ncn2)cc1OC1CCC1. The summed E-state index contributed by atoms with van der Waals surface area (Å²) in [5.41, 5.74) is 3.02. The van der Waals surface area contributed by atoms with E-state index >= 15 is 0 Å². The van der Waals surface area contributed by atoms with Crippen LogP contribution in [0.5, 0.6) is 5.75 Å². The maximum absolute atomic E-state index is 11.6. The first-order valence-electron chi connectivity index (χ1n) is 10.7. The molecule has 2 aromatic carbocycles. The summed E-state index contributed by atoms with van der Waals surface area (Å²) < 4.78 is 7.27. The summed E-state index contributed by atoms with van der Waals surface area (Å²) in [5.74, 6) is 0.144. The van der Waals surface area contributed by atoms with Crippen LogP contribution >= 0.6 is 11.3 Å². The third-order valence-electron chi connectivity index (χ3n) is 5.78. The van der Waals surface area contributed by atoms with E-state index in [0.29, 0.717) is 5.75 Å². The van der Waals surface area contributed by atoms with Gasteiger partial charge in [0.1, 0.15) is 23.5 Å². The second-order valence-electron chi connectivity index (χ2n) is 7.91. The number of nitrogens with zero attached hydrogens (tertiary/aromatic N) is 2. The number of aromatic carboxylic acids is 1. The molecule has 0 aliphatic heterocycles. The molecule has 0 radical (unpaired) electrons. The topological polar surface area (TPSA) is 84.3 Å². The van der Waals surface area contributed by atoms with Gasteiger partial charge in [-0.25, -0.2) is 14.8 Å². The molecule has 4 aromatic rings. The second kappa shape index (κ2) is 8.96. The largest absolute Gasteiger partial charge is 0.490 e. The smallest absolute Gasteiger partial charge is 0.339 e. The van der Waals surface area contributed by atoms with Crippen molar-refractivity contribution in [1.82, 2.24) is 9.97 Å². The van der Waals surface area contributed by atoms with Gasteiger partial charge in [-0.3, -0.25) is 0 Å². The summed E-state index contributed by atoms with van der Waals surface area (Å²) in [6.07, 6.45) is 5.56. The molecular weight excluding hydrogens is 422 g/mol. The molecule has 1 aliphatic carbocycles. The van der Waals surface area contributed by atoms with Gasteiger partial charge in [-0.05, 0) is 60.2 Å². The van der Waals surface area contributed by atoms with Crippen LogP contribution in [0.4, 0.5) is 5.82 Å². The first kappa shape index (κ1) is 20.5. The van der Waals surface area contributed by atoms with Gasteiger partial charge in [-0.2, -0.15) is 0 Å². The maximum Gasteiger partial charge on any atom is 0.339 e. The first-order chi connectivity index (χ1) is 15.7. The van der Waals surface area contributed by atoms with Gasteiger partial charge in [0, 0.05) is 22.9 Å². The Balaban J connectivity index is 1.31. The van der Waals surface area contributed by atoms with E-state index in [1.807, 2.05) is 6.07 Å². The molecule has 32 heavy (non-hydrogen) atoms. The van der Waals surface area contributed by atoms with Gasteiger partial charge in [0.05, 0.1) is 11.8 Å². The van der Waals surface area contributed by atoms with Gasteiger partial charge >= 0.3 is 5.97 Å². The van der Waals surface area contributed by atoms with Crippen molar-refractivity contribution in [3.63, 3.8) is 0 Å². The number of carboxylic acids is 1. The van der Waals surface area contributed by atoms with Gasteiger partial charge in [0.15, 0.2) is 0 Å². The Morgan fingerprint density at radius 3 is 2.88 bits per heavy atom. The lowest BCUT2D eigenvalue weighted by atomic mass is 9.96. The van der Waals surface area contributed by atoms with E-state index < -0.39 is 5.97 Å². The summed E-state index contributed by atoms with van der Waals surface area (Å²) in [6, 6.07) is 15.5. The third kappa shape index (κ3) is 4.29. The highest BCUT2D eigenvalue weighted by Crippen LogP contribution is 2.32. The van der Waals surface area contributed by atoms with Gasteiger partial charge in [-0.1, -0.05) is 24.3 Å².